The standard InChI is InChI=1S/C30H26O6/c31-23-15-9-17-25(27(23)29(33)21-11-3-1-4-12-21)35-19-7-8-20-36-26-18-10-16-24(32)28(26)30(34)22-13-5-2-6-14-22/h1-6,9-18,31-32H,7-8,19-20H2. The third-order valence-corrected chi connectivity index (χ3v) is 5.59. The molecular formula is C30H26O6. The summed E-state index contributed by atoms with van der Waals surface area (Å²) < 4.78 is 11.6. The molecule has 6 nitrogen and oxygen atoms in total. The molecule has 0 saturated carbocycles. The quantitative estimate of drug-likeness (QED) is 0.207. The van der Waals surface area contributed by atoms with Gasteiger partial charge in [0, 0.05) is 11.1 Å². The molecule has 0 aliphatic carbocycles. The van der Waals surface area contributed by atoms with Crippen LogP contribution in [0.2, 0.25) is 0 Å². The number of unbranched alkanes of at least 4 members (excludes halogenated alkanes) is 1. The highest BCUT2D eigenvalue weighted by Gasteiger charge is 2.20. The summed E-state index contributed by atoms with van der Waals surface area (Å²) in [7, 11) is 0. The number of phenols is 2. The van der Waals surface area contributed by atoms with E-state index in [1.54, 1.807) is 72.8 Å². The molecule has 0 aliphatic rings. The van der Waals surface area contributed by atoms with Gasteiger partial charge in [-0.05, 0) is 37.1 Å². The molecule has 36 heavy (non-hydrogen) atoms. The number of ether oxygens (including phenoxy) is 2. The molecule has 0 aromatic heterocycles. The van der Waals surface area contributed by atoms with Crippen molar-refractivity contribution in [1.29, 1.82) is 0 Å². The molecular weight excluding hydrogens is 456 g/mol. The summed E-state index contributed by atoms with van der Waals surface area (Å²) in [5.74, 6) is -0.270. The third-order valence-electron chi connectivity index (χ3n) is 5.59. The Hall–Kier alpha value is -4.58. The van der Waals surface area contributed by atoms with Crippen molar-refractivity contribution in [1.82, 2.24) is 0 Å². The van der Waals surface area contributed by atoms with Gasteiger partial charge in [-0.15, -0.1) is 0 Å². The summed E-state index contributed by atoms with van der Waals surface area (Å²) >= 11 is 0. The highest BCUT2D eigenvalue weighted by molar-refractivity contribution is 6.13. The van der Waals surface area contributed by atoms with Crippen LogP contribution < -0.4 is 9.47 Å². The van der Waals surface area contributed by atoms with Gasteiger partial charge in [-0.25, -0.2) is 0 Å². The number of rotatable bonds is 11. The minimum Gasteiger partial charge on any atom is -0.507 e. The van der Waals surface area contributed by atoms with Crippen molar-refractivity contribution in [2.45, 2.75) is 12.8 Å². The van der Waals surface area contributed by atoms with E-state index in [1.165, 1.54) is 12.1 Å². The fourth-order valence-electron chi connectivity index (χ4n) is 3.77. The number of hydrogen-bond donors (Lipinski definition) is 2. The Morgan fingerprint density at radius 3 is 1.31 bits per heavy atom. The summed E-state index contributed by atoms with van der Waals surface area (Å²) in [6, 6.07) is 26.9. The second kappa shape index (κ2) is 11.7. The summed E-state index contributed by atoms with van der Waals surface area (Å²) in [6.07, 6.45) is 1.21. The zero-order valence-corrected chi connectivity index (χ0v) is 19.6. The maximum Gasteiger partial charge on any atom is 0.200 e. The molecule has 0 aliphatic heterocycles. The Morgan fingerprint density at radius 1 is 0.528 bits per heavy atom. The lowest BCUT2D eigenvalue weighted by Crippen LogP contribution is -2.09. The maximum atomic E-state index is 12.9. The smallest absolute Gasteiger partial charge is 0.200 e. The van der Waals surface area contributed by atoms with Gasteiger partial charge in [-0.2, -0.15) is 0 Å². The van der Waals surface area contributed by atoms with Gasteiger partial charge in [0.2, 0.25) is 11.6 Å². The van der Waals surface area contributed by atoms with Crippen molar-refractivity contribution in [2.75, 3.05) is 13.2 Å². The number of aromatic hydroxyl groups is 2. The van der Waals surface area contributed by atoms with E-state index < -0.39 is 0 Å². The molecule has 0 amide bonds. The Kier molecular flexibility index (Phi) is 7.98. The monoisotopic (exact) mass is 482 g/mol. The van der Waals surface area contributed by atoms with Crippen LogP contribution in [0, 0.1) is 0 Å². The van der Waals surface area contributed by atoms with Crippen LogP contribution in [0.25, 0.3) is 0 Å². The Morgan fingerprint density at radius 2 is 0.917 bits per heavy atom. The molecule has 0 saturated heterocycles. The first kappa shape index (κ1) is 24.5. The zero-order valence-electron chi connectivity index (χ0n) is 19.6. The number of phenolic OH excluding ortho intramolecular Hbond substituents is 2. The normalized spacial score (nSPS) is 10.6. The number of ketones is 2. The van der Waals surface area contributed by atoms with Gasteiger partial charge in [-0.1, -0.05) is 72.8 Å². The summed E-state index contributed by atoms with van der Waals surface area (Å²) in [6.45, 7) is 0.607. The molecule has 0 spiro atoms. The van der Waals surface area contributed by atoms with Gasteiger partial charge in [0.1, 0.15) is 34.1 Å². The molecule has 4 rings (SSSR count). The summed E-state index contributed by atoms with van der Waals surface area (Å²) in [5, 5.41) is 20.6. The second-order valence-electron chi connectivity index (χ2n) is 8.09. The number of benzene rings is 4. The van der Waals surface area contributed by atoms with Crippen molar-refractivity contribution in [2.24, 2.45) is 0 Å². The Bertz CT molecular complexity index is 1230. The molecule has 0 atom stereocenters. The van der Waals surface area contributed by atoms with E-state index in [2.05, 4.69) is 0 Å². The van der Waals surface area contributed by atoms with Crippen molar-refractivity contribution in [3.8, 4) is 23.0 Å². The molecule has 0 bridgehead atoms. The van der Waals surface area contributed by atoms with E-state index >= 15 is 0 Å². The van der Waals surface area contributed by atoms with E-state index in [0.717, 1.165) is 0 Å². The predicted octanol–water partition coefficient (Wildman–Crippen LogP) is 5.80. The molecule has 4 aromatic rings. The predicted molar refractivity (Wildman–Crippen MR) is 136 cm³/mol. The molecule has 0 heterocycles. The Labute approximate surface area is 209 Å². The van der Waals surface area contributed by atoms with E-state index in [0.29, 0.717) is 48.7 Å². The topological polar surface area (TPSA) is 93.1 Å². The van der Waals surface area contributed by atoms with Crippen LogP contribution >= 0.6 is 0 Å². The first-order chi connectivity index (χ1) is 17.6. The zero-order chi connectivity index (χ0) is 25.3. The van der Waals surface area contributed by atoms with Crippen LogP contribution in [0.15, 0.2) is 97.1 Å². The molecule has 182 valence electrons. The van der Waals surface area contributed by atoms with E-state index in [-0.39, 0.29) is 34.2 Å². The lowest BCUT2D eigenvalue weighted by atomic mass is 10.0. The Balaban J connectivity index is 1.34. The summed E-state index contributed by atoms with van der Waals surface area (Å²) in [5.41, 5.74) is 1.18. The molecule has 2 N–H and O–H groups in total. The fraction of sp³-hybridized carbons (Fsp3) is 0.133. The van der Waals surface area contributed by atoms with Crippen molar-refractivity contribution in [3.63, 3.8) is 0 Å². The van der Waals surface area contributed by atoms with Crippen molar-refractivity contribution < 1.29 is 29.3 Å². The SMILES string of the molecule is O=C(c1ccccc1)c1c(O)cccc1OCCCCOc1cccc(O)c1C(=O)c1ccccc1. The lowest BCUT2D eigenvalue weighted by Gasteiger charge is -2.14. The van der Waals surface area contributed by atoms with E-state index in [1.807, 2.05) is 12.1 Å². The minimum atomic E-state index is -0.313. The highest BCUT2D eigenvalue weighted by Crippen LogP contribution is 2.31. The van der Waals surface area contributed by atoms with Crippen LogP contribution in [0.3, 0.4) is 0 Å². The van der Waals surface area contributed by atoms with E-state index in [9.17, 15) is 19.8 Å². The van der Waals surface area contributed by atoms with Gasteiger partial charge >= 0.3 is 0 Å². The van der Waals surface area contributed by atoms with Gasteiger partial charge in [0.15, 0.2) is 0 Å². The number of carbonyl (C=O) groups excluding carboxylic acids is 2. The van der Waals surface area contributed by atoms with Crippen LogP contribution in [0.4, 0.5) is 0 Å². The highest BCUT2D eigenvalue weighted by atomic mass is 16.5. The van der Waals surface area contributed by atoms with Gasteiger partial charge in [0.25, 0.3) is 0 Å². The fourth-order valence-corrected chi connectivity index (χ4v) is 3.77. The maximum absolute atomic E-state index is 12.9. The van der Waals surface area contributed by atoms with Crippen molar-refractivity contribution >= 4 is 11.6 Å². The molecule has 0 unspecified atom stereocenters. The van der Waals surface area contributed by atoms with Crippen LogP contribution in [-0.2, 0) is 0 Å². The first-order valence-corrected chi connectivity index (χ1v) is 11.7. The molecule has 6 heteroatoms. The molecule has 0 radical (unpaired) electrons. The van der Waals surface area contributed by atoms with Gasteiger partial charge < -0.3 is 19.7 Å². The largest absolute Gasteiger partial charge is 0.507 e. The molecule has 0 fully saturated rings. The average Bonchev–Trinajstić information content (AvgIpc) is 2.91. The van der Waals surface area contributed by atoms with Crippen LogP contribution in [0.1, 0.15) is 44.7 Å². The van der Waals surface area contributed by atoms with Gasteiger partial charge in [-0.3, -0.25) is 9.59 Å². The minimum absolute atomic E-state index is 0.128. The average molecular weight is 483 g/mol. The van der Waals surface area contributed by atoms with Crippen LogP contribution in [-0.4, -0.2) is 35.0 Å². The van der Waals surface area contributed by atoms with Gasteiger partial charge in [0.05, 0.1) is 13.2 Å². The third kappa shape index (κ3) is 5.73. The number of hydrogen-bond acceptors (Lipinski definition) is 6. The first-order valence-electron chi connectivity index (χ1n) is 11.7. The number of carbonyl (C=O) groups is 2. The van der Waals surface area contributed by atoms with Crippen LogP contribution in [0.5, 0.6) is 23.0 Å². The summed E-state index contributed by atoms with van der Waals surface area (Å²) in [4.78, 5) is 25.8. The van der Waals surface area contributed by atoms with Crippen molar-refractivity contribution in [3.05, 3.63) is 119 Å². The van der Waals surface area contributed by atoms with E-state index in [4.69, 9.17) is 9.47 Å². The second-order valence-corrected chi connectivity index (χ2v) is 8.09. The molecule has 4 aromatic carbocycles. The lowest BCUT2D eigenvalue weighted by molar-refractivity contribution is 0.102.